The molecule has 0 spiro atoms. The van der Waals surface area contributed by atoms with Gasteiger partial charge in [-0.05, 0) is 51.1 Å². The van der Waals surface area contributed by atoms with Crippen molar-refractivity contribution < 1.29 is 14.3 Å². The number of carbonyl (C=O) groups excluding carboxylic acids is 1. The molecule has 0 radical (unpaired) electrons. The smallest absolute Gasteiger partial charge is 0.263 e. The second-order valence-electron chi connectivity index (χ2n) is 5.26. The Kier molecular flexibility index (Phi) is 5.57. The Hall–Kier alpha value is -2.56. The molecule has 5 nitrogen and oxygen atoms in total. The number of rotatable bonds is 5. The standard InChI is InChI=1S/C18H22N2O3/c1-5-23-15-10-9-14(12-16(15)22-4)18(21)20-11-7-6-8-17(20)19-13(2)3/h6-13H,5H2,1-4H3. The Bertz CT molecular complexity index is 748. The summed E-state index contributed by atoms with van der Waals surface area (Å²) in [6, 6.07) is 10.8. The summed E-state index contributed by atoms with van der Waals surface area (Å²) < 4.78 is 12.3. The fourth-order valence-corrected chi connectivity index (χ4v) is 2.19. The number of carbonyl (C=O) groups is 1. The van der Waals surface area contributed by atoms with Gasteiger partial charge in [0.05, 0.1) is 13.7 Å². The van der Waals surface area contributed by atoms with E-state index >= 15 is 0 Å². The first-order chi connectivity index (χ1) is 11.1. The maximum absolute atomic E-state index is 12.8. The van der Waals surface area contributed by atoms with Gasteiger partial charge in [-0.15, -0.1) is 0 Å². The highest BCUT2D eigenvalue weighted by Crippen LogP contribution is 2.28. The Morgan fingerprint density at radius 3 is 2.65 bits per heavy atom. The van der Waals surface area contributed by atoms with Gasteiger partial charge in [-0.25, -0.2) is 0 Å². The normalized spacial score (nSPS) is 11.6. The highest BCUT2D eigenvalue weighted by molar-refractivity contribution is 5.96. The van der Waals surface area contributed by atoms with Gasteiger partial charge < -0.3 is 9.47 Å². The lowest BCUT2D eigenvalue weighted by Gasteiger charge is -2.12. The fourth-order valence-electron chi connectivity index (χ4n) is 2.19. The van der Waals surface area contributed by atoms with E-state index in [2.05, 4.69) is 4.99 Å². The van der Waals surface area contributed by atoms with E-state index in [1.165, 1.54) is 4.57 Å². The molecule has 2 rings (SSSR count). The predicted octanol–water partition coefficient (Wildman–Crippen LogP) is 2.89. The van der Waals surface area contributed by atoms with Crippen molar-refractivity contribution in [1.29, 1.82) is 0 Å². The first-order valence-corrected chi connectivity index (χ1v) is 7.64. The average Bonchev–Trinajstić information content (AvgIpc) is 2.55. The molecule has 0 saturated carbocycles. The minimum absolute atomic E-state index is 0.103. The second kappa shape index (κ2) is 7.63. The number of nitrogens with zero attached hydrogens (tertiary/aromatic N) is 2. The van der Waals surface area contributed by atoms with Gasteiger partial charge in [-0.1, -0.05) is 6.07 Å². The van der Waals surface area contributed by atoms with Gasteiger partial charge in [-0.2, -0.15) is 0 Å². The Balaban J connectivity index is 2.46. The zero-order valence-electron chi connectivity index (χ0n) is 13.9. The van der Waals surface area contributed by atoms with Crippen LogP contribution in [0.1, 0.15) is 31.1 Å². The fraction of sp³-hybridized carbons (Fsp3) is 0.333. The molecule has 0 aliphatic carbocycles. The molecule has 5 heteroatoms. The van der Waals surface area contributed by atoms with Crippen molar-refractivity contribution in [3.05, 3.63) is 53.6 Å². The molecule has 0 N–H and O–H groups in total. The molecule has 122 valence electrons. The zero-order valence-corrected chi connectivity index (χ0v) is 13.9. The SMILES string of the molecule is CCOc1ccc(C(=O)n2ccccc2=NC(C)C)cc1OC. The number of pyridine rings is 1. The maximum atomic E-state index is 12.8. The molecule has 0 saturated heterocycles. The Morgan fingerprint density at radius 2 is 2.00 bits per heavy atom. The zero-order chi connectivity index (χ0) is 16.8. The number of hydrogen-bond acceptors (Lipinski definition) is 4. The van der Waals surface area contributed by atoms with E-state index in [4.69, 9.17) is 9.47 Å². The van der Waals surface area contributed by atoms with E-state index in [0.717, 1.165) is 0 Å². The molecule has 0 atom stereocenters. The lowest BCUT2D eigenvalue weighted by atomic mass is 10.2. The molecular formula is C18H22N2O3. The summed E-state index contributed by atoms with van der Waals surface area (Å²) in [5.41, 5.74) is 1.14. The van der Waals surface area contributed by atoms with E-state index in [9.17, 15) is 4.79 Å². The van der Waals surface area contributed by atoms with Crippen molar-refractivity contribution in [1.82, 2.24) is 4.57 Å². The summed E-state index contributed by atoms with van der Waals surface area (Å²) in [5, 5.41) is 0. The first-order valence-electron chi connectivity index (χ1n) is 7.64. The van der Waals surface area contributed by atoms with Crippen LogP contribution in [0.15, 0.2) is 47.6 Å². The van der Waals surface area contributed by atoms with Crippen LogP contribution in [0.4, 0.5) is 0 Å². The molecule has 0 amide bonds. The van der Waals surface area contributed by atoms with Gasteiger partial charge >= 0.3 is 0 Å². The highest BCUT2D eigenvalue weighted by atomic mass is 16.5. The Labute approximate surface area is 136 Å². The quantitative estimate of drug-likeness (QED) is 0.852. The molecule has 1 aromatic carbocycles. The summed E-state index contributed by atoms with van der Waals surface area (Å²) in [5.74, 6) is 1.000. The monoisotopic (exact) mass is 314 g/mol. The average molecular weight is 314 g/mol. The van der Waals surface area contributed by atoms with Crippen LogP contribution in [0, 0.1) is 0 Å². The summed E-state index contributed by atoms with van der Waals surface area (Å²) in [6.07, 6.45) is 1.71. The summed E-state index contributed by atoms with van der Waals surface area (Å²) in [6.45, 7) is 6.38. The minimum atomic E-state index is -0.161. The first kappa shape index (κ1) is 16.8. The molecule has 1 aromatic heterocycles. The van der Waals surface area contributed by atoms with Gasteiger partial charge in [0.15, 0.2) is 11.5 Å². The summed E-state index contributed by atoms with van der Waals surface area (Å²) >= 11 is 0. The maximum Gasteiger partial charge on any atom is 0.263 e. The second-order valence-corrected chi connectivity index (χ2v) is 5.26. The molecule has 1 heterocycles. The van der Waals surface area contributed by atoms with Crippen LogP contribution >= 0.6 is 0 Å². The third kappa shape index (κ3) is 4.00. The van der Waals surface area contributed by atoms with E-state index in [1.807, 2.05) is 39.0 Å². The van der Waals surface area contributed by atoms with Crippen LogP contribution in [0.3, 0.4) is 0 Å². The number of aromatic nitrogens is 1. The largest absolute Gasteiger partial charge is 0.493 e. The molecule has 0 aliphatic heterocycles. The topological polar surface area (TPSA) is 52.8 Å². The van der Waals surface area contributed by atoms with Crippen LogP contribution in [0.25, 0.3) is 0 Å². The van der Waals surface area contributed by atoms with Gasteiger partial charge in [0.1, 0.15) is 5.49 Å². The third-order valence-corrected chi connectivity index (χ3v) is 3.16. The number of methoxy groups -OCH3 is 1. The molecule has 0 aliphatic rings. The molecule has 0 fully saturated rings. The van der Waals surface area contributed by atoms with Crippen molar-refractivity contribution >= 4 is 5.91 Å². The summed E-state index contributed by atoms with van der Waals surface area (Å²) in [4.78, 5) is 17.3. The van der Waals surface area contributed by atoms with Crippen LogP contribution in [0.5, 0.6) is 11.5 Å². The molecule has 0 unspecified atom stereocenters. The minimum Gasteiger partial charge on any atom is -0.493 e. The van der Waals surface area contributed by atoms with Crippen molar-refractivity contribution in [3.63, 3.8) is 0 Å². The van der Waals surface area contributed by atoms with Crippen molar-refractivity contribution in [2.45, 2.75) is 26.8 Å². The van der Waals surface area contributed by atoms with Crippen LogP contribution < -0.4 is 15.0 Å². The summed E-state index contributed by atoms with van der Waals surface area (Å²) in [7, 11) is 1.56. The van der Waals surface area contributed by atoms with E-state index in [-0.39, 0.29) is 11.9 Å². The number of hydrogen-bond donors (Lipinski definition) is 0. The van der Waals surface area contributed by atoms with Crippen molar-refractivity contribution in [2.24, 2.45) is 4.99 Å². The van der Waals surface area contributed by atoms with E-state index < -0.39 is 0 Å². The van der Waals surface area contributed by atoms with Crippen LogP contribution in [0.2, 0.25) is 0 Å². The number of benzene rings is 1. The molecule has 0 bridgehead atoms. The van der Waals surface area contributed by atoms with Crippen LogP contribution in [-0.4, -0.2) is 30.2 Å². The highest BCUT2D eigenvalue weighted by Gasteiger charge is 2.13. The molecular weight excluding hydrogens is 292 g/mol. The predicted molar refractivity (Wildman–Crippen MR) is 89.0 cm³/mol. The van der Waals surface area contributed by atoms with Gasteiger partial charge in [0.25, 0.3) is 5.91 Å². The molecule has 2 aromatic rings. The van der Waals surface area contributed by atoms with Gasteiger partial charge in [0.2, 0.25) is 0 Å². The molecule has 23 heavy (non-hydrogen) atoms. The van der Waals surface area contributed by atoms with Gasteiger partial charge in [0, 0.05) is 17.8 Å². The van der Waals surface area contributed by atoms with Crippen molar-refractivity contribution in [3.8, 4) is 11.5 Å². The third-order valence-electron chi connectivity index (χ3n) is 3.16. The number of ether oxygens (including phenoxy) is 2. The van der Waals surface area contributed by atoms with E-state index in [0.29, 0.717) is 29.2 Å². The Morgan fingerprint density at radius 1 is 1.22 bits per heavy atom. The van der Waals surface area contributed by atoms with Crippen molar-refractivity contribution in [2.75, 3.05) is 13.7 Å². The lowest BCUT2D eigenvalue weighted by Crippen LogP contribution is -2.28. The lowest BCUT2D eigenvalue weighted by molar-refractivity contribution is 0.0954. The van der Waals surface area contributed by atoms with Crippen LogP contribution in [-0.2, 0) is 0 Å². The van der Waals surface area contributed by atoms with E-state index in [1.54, 1.807) is 31.5 Å². The van der Waals surface area contributed by atoms with Gasteiger partial charge in [-0.3, -0.25) is 14.4 Å².